The van der Waals surface area contributed by atoms with E-state index in [0.29, 0.717) is 6.54 Å². The summed E-state index contributed by atoms with van der Waals surface area (Å²) in [5, 5.41) is 17.2. The number of nitrogens with one attached hydrogen (secondary N) is 2. The minimum atomic E-state index is -4.50. The third-order valence-corrected chi connectivity index (χ3v) is 8.57. The Bertz CT molecular complexity index is 1060. The normalized spacial score (nSPS) is 20.5. The predicted octanol–water partition coefficient (Wildman–Crippen LogP) is 2.42. The van der Waals surface area contributed by atoms with Gasteiger partial charge >= 0.3 is 0 Å². The van der Waals surface area contributed by atoms with Gasteiger partial charge < -0.3 is 14.8 Å². The molecule has 34 heavy (non-hydrogen) atoms. The van der Waals surface area contributed by atoms with Gasteiger partial charge in [0.1, 0.15) is 10.7 Å². The van der Waals surface area contributed by atoms with Gasteiger partial charge in [0.05, 0.1) is 24.6 Å². The van der Waals surface area contributed by atoms with E-state index in [0.717, 1.165) is 17.9 Å². The molecule has 2 atom stereocenters. The van der Waals surface area contributed by atoms with Gasteiger partial charge in [-0.25, -0.2) is 8.42 Å². The number of amides is 1. The van der Waals surface area contributed by atoms with Crippen molar-refractivity contribution in [3.05, 3.63) is 58.4 Å². The van der Waals surface area contributed by atoms with Gasteiger partial charge in [0.15, 0.2) is 0 Å². The largest absolute Gasteiger partial charge is 0.497 e. The molecule has 1 amide bonds. The van der Waals surface area contributed by atoms with Gasteiger partial charge in [-0.2, -0.15) is 11.8 Å². The molecule has 12 heteroatoms. The molecule has 1 aromatic carbocycles. The number of ether oxygens (including phenoxy) is 2. The SMILES string of the molecule is COC1=CC(OC)(S(=O)(=O)c2ccccc2[N+](=O)[O-])C(NCC(=O)NCCSC(C)(C)C)C=C1. The summed E-state index contributed by atoms with van der Waals surface area (Å²) in [6.45, 7) is 6.52. The van der Waals surface area contributed by atoms with Crippen LogP contribution in [0.15, 0.2) is 53.1 Å². The number of carbonyl (C=O) groups excluding carboxylic acids is 1. The fourth-order valence-corrected chi connectivity index (χ4v) is 6.18. The summed E-state index contributed by atoms with van der Waals surface area (Å²) < 4.78 is 38.4. The maximum absolute atomic E-state index is 13.8. The van der Waals surface area contributed by atoms with Crippen LogP contribution in [0.1, 0.15) is 20.8 Å². The Morgan fingerprint density at radius 2 is 1.94 bits per heavy atom. The number of hydrogen-bond donors (Lipinski definition) is 2. The summed E-state index contributed by atoms with van der Waals surface area (Å²) in [6.07, 6.45) is 4.29. The zero-order chi connectivity index (χ0) is 25.6. The molecule has 2 N–H and O–H groups in total. The van der Waals surface area contributed by atoms with Crippen LogP contribution in [0.5, 0.6) is 0 Å². The van der Waals surface area contributed by atoms with E-state index >= 15 is 0 Å². The highest BCUT2D eigenvalue weighted by atomic mass is 32.2. The van der Waals surface area contributed by atoms with E-state index in [1.54, 1.807) is 17.8 Å². The second-order valence-corrected chi connectivity index (χ2v) is 12.4. The van der Waals surface area contributed by atoms with Crippen LogP contribution in [0.4, 0.5) is 5.69 Å². The van der Waals surface area contributed by atoms with Crippen molar-refractivity contribution >= 4 is 33.2 Å². The number of nitrogens with zero attached hydrogens (tertiary/aromatic N) is 1. The molecule has 0 bridgehead atoms. The lowest BCUT2D eigenvalue weighted by Gasteiger charge is -2.37. The molecule has 188 valence electrons. The molecule has 10 nitrogen and oxygen atoms in total. The molecule has 0 radical (unpaired) electrons. The van der Waals surface area contributed by atoms with Crippen LogP contribution in [-0.4, -0.2) is 68.0 Å². The molecular weight excluding hydrogens is 482 g/mol. The summed E-state index contributed by atoms with van der Waals surface area (Å²) in [7, 11) is -1.94. The van der Waals surface area contributed by atoms with E-state index in [1.807, 2.05) is 0 Å². The van der Waals surface area contributed by atoms with Crippen LogP contribution in [0.2, 0.25) is 0 Å². The number of hydrogen-bond acceptors (Lipinski definition) is 9. The Kier molecular flexibility index (Phi) is 9.29. The number of carbonyl (C=O) groups is 1. The van der Waals surface area contributed by atoms with Crippen molar-refractivity contribution in [1.29, 1.82) is 0 Å². The van der Waals surface area contributed by atoms with Gasteiger partial charge in [-0.1, -0.05) is 39.0 Å². The van der Waals surface area contributed by atoms with Crippen LogP contribution in [0, 0.1) is 10.1 Å². The van der Waals surface area contributed by atoms with Crippen molar-refractivity contribution in [3.8, 4) is 0 Å². The summed E-state index contributed by atoms with van der Waals surface area (Å²) in [5.41, 5.74) is -0.575. The van der Waals surface area contributed by atoms with Gasteiger partial charge in [-0.3, -0.25) is 20.2 Å². The molecule has 0 saturated heterocycles. The van der Waals surface area contributed by atoms with Gasteiger partial charge in [0, 0.05) is 36.3 Å². The van der Waals surface area contributed by atoms with Gasteiger partial charge in [0.25, 0.3) is 5.69 Å². The first-order valence-corrected chi connectivity index (χ1v) is 13.0. The Morgan fingerprint density at radius 3 is 2.53 bits per heavy atom. The van der Waals surface area contributed by atoms with Crippen molar-refractivity contribution in [3.63, 3.8) is 0 Å². The number of nitro groups is 1. The fourth-order valence-electron chi connectivity index (χ4n) is 3.36. The minimum absolute atomic E-state index is 0.0771. The lowest BCUT2D eigenvalue weighted by Crippen LogP contribution is -2.57. The van der Waals surface area contributed by atoms with Crippen LogP contribution in [0.25, 0.3) is 0 Å². The minimum Gasteiger partial charge on any atom is -0.497 e. The number of rotatable bonds is 11. The van der Waals surface area contributed by atoms with Gasteiger partial charge in [-0.05, 0) is 12.1 Å². The van der Waals surface area contributed by atoms with Crippen LogP contribution in [0.3, 0.4) is 0 Å². The first-order chi connectivity index (χ1) is 15.9. The summed E-state index contributed by atoms with van der Waals surface area (Å²) >= 11 is 1.71. The molecule has 1 aliphatic rings. The van der Waals surface area contributed by atoms with E-state index in [4.69, 9.17) is 9.47 Å². The highest BCUT2D eigenvalue weighted by Crippen LogP contribution is 2.39. The Labute approximate surface area is 204 Å². The van der Waals surface area contributed by atoms with Gasteiger partial charge in [0.2, 0.25) is 20.7 Å². The predicted molar refractivity (Wildman–Crippen MR) is 131 cm³/mol. The second kappa shape index (κ2) is 11.3. The fraction of sp³-hybridized carbons (Fsp3) is 0.500. The van der Waals surface area contributed by atoms with Gasteiger partial charge in [-0.15, -0.1) is 0 Å². The molecular formula is C22H31N3O7S2. The lowest BCUT2D eigenvalue weighted by atomic mass is 10.0. The standard InChI is InChI=1S/C22H31N3O7S2/c1-21(2,3)33-13-12-23-20(26)15-24-19-11-10-16(31-4)14-22(19,32-5)34(29,30)18-9-7-6-8-17(18)25(27)28/h6-11,14,19,24H,12-13,15H2,1-5H3,(H,23,26). The average molecular weight is 514 g/mol. The topological polar surface area (TPSA) is 137 Å². The van der Waals surface area contributed by atoms with Crippen molar-refractivity contribution < 1.29 is 27.6 Å². The number of thioether (sulfide) groups is 1. The lowest BCUT2D eigenvalue weighted by molar-refractivity contribution is -0.387. The van der Waals surface area contributed by atoms with Crippen LogP contribution < -0.4 is 10.6 Å². The Balaban J connectivity index is 2.31. The first kappa shape index (κ1) is 27.8. The highest BCUT2D eigenvalue weighted by molar-refractivity contribution is 8.00. The zero-order valence-electron chi connectivity index (χ0n) is 19.9. The van der Waals surface area contributed by atoms with E-state index in [-0.39, 0.29) is 23.0 Å². The quantitative estimate of drug-likeness (QED) is 0.260. The van der Waals surface area contributed by atoms with Crippen molar-refractivity contribution in [1.82, 2.24) is 10.6 Å². The molecule has 2 unspecified atom stereocenters. The molecule has 0 spiro atoms. The molecule has 0 saturated carbocycles. The van der Waals surface area contributed by atoms with Crippen molar-refractivity contribution in [2.24, 2.45) is 0 Å². The van der Waals surface area contributed by atoms with E-state index in [1.165, 1.54) is 38.5 Å². The maximum atomic E-state index is 13.8. The maximum Gasteiger partial charge on any atom is 0.288 e. The third kappa shape index (κ3) is 6.38. The van der Waals surface area contributed by atoms with Crippen molar-refractivity contribution in [2.45, 2.75) is 41.4 Å². The number of allylic oxidation sites excluding steroid dienone is 1. The van der Waals surface area contributed by atoms with E-state index in [2.05, 4.69) is 31.4 Å². The average Bonchev–Trinajstić information content (AvgIpc) is 2.79. The molecule has 1 aromatic rings. The van der Waals surface area contributed by atoms with E-state index < -0.39 is 36.3 Å². The Morgan fingerprint density at radius 1 is 1.26 bits per heavy atom. The third-order valence-electron chi connectivity index (χ3n) is 5.00. The van der Waals surface area contributed by atoms with Crippen molar-refractivity contribution in [2.75, 3.05) is 33.1 Å². The monoisotopic (exact) mass is 513 g/mol. The molecule has 0 aromatic heterocycles. The van der Waals surface area contributed by atoms with E-state index in [9.17, 15) is 23.3 Å². The summed E-state index contributed by atoms with van der Waals surface area (Å²) in [5.74, 6) is 0.607. The summed E-state index contributed by atoms with van der Waals surface area (Å²) in [4.78, 5) is 20.5. The molecule has 1 aliphatic carbocycles. The smallest absolute Gasteiger partial charge is 0.288 e. The highest BCUT2D eigenvalue weighted by Gasteiger charge is 2.53. The summed E-state index contributed by atoms with van der Waals surface area (Å²) in [6, 6.07) is 4.02. The number of para-hydroxylation sites is 1. The molecule has 2 rings (SSSR count). The Hall–Kier alpha value is -2.41. The number of nitro benzene ring substituents is 1. The first-order valence-electron chi connectivity index (χ1n) is 10.5. The number of sulfone groups is 1. The number of methoxy groups -OCH3 is 2. The second-order valence-electron chi connectivity index (χ2n) is 8.43. The molecule has 0 aliphatic heterocycles. The molecule has 0 fully saturated rings. The number of benzene rings is 1. The van der Waals surface area contributed by atoms with Crippen LogP contribution in [-0.2, 0) is 24.1 Å². The van der Waals surface area contributed by atoms with Crippen LogP contribution >= 0.6 is 11.8 Å². The molecule has 0 heterocycles. The zero-order valence-corrected chi connectivity index (χ0v) is 21.5.